The number of aliphatic hydroxyl groups is 1. The maximum Gasteiger partial charge on any atom is 0.248 e. The summed E-state index contributed by atoms with van der Waals surface area (Å²) >= 11 is 1.44. The number of carbonyl (C=O) groups is 2. The average molecular weight is 416 g/mol. The third-order valence-electron chi connectivity index (χ3n) is 5.38. The van der Waals surface area contributed by atoms with Crippen LogP contribution in [0.4, 0.5) is 0 Å². The number of methoxy groups -OCH3 is 1. The Labute approximate surface area is 174 Å². The van der Waals surface area contributed by atoms with Gasteiger partial charge in [0.1, 0.15) is 12.4 Å². The van der Waals surface area contributed by atoms with E-state index in [0.29, 0.717) is 19.5 Å². The molecule has 0 radical (unpaired) electrons. The maximum absolute atomic E-state index is 12.7. The standard InChI is InChI=1S/C21H25N3O4S/c1-13(14-5-3-4-6-17(14)28-2)9-19(26)23-21-16(10-22)15-7-8-24(20(27)12-25)11-18(15)29-21/h3-6,13,16,21,25H,7-9,11-12H2,1-2H3,(H,23,26). The van der Waals surface area contributed by atoms with Crippen LogP contribution in [0, 0.1) is 17.2 Å². The Kier molecular flexibility index (Phi) is 6.83. The van der Waals surface area contributed by atoms with Gasteiger partial charge in [-0.25, -0.2) is 0 Å². The molecule has 0 saturated carbocycles. The van der Waals surface area contributed by atoms with E-state index in [1.807, 2.05) is 31.2 Å². The number of hydrogen-bond acceptors (Lipinski definition) is 6. The van der Waals surface area contributed by atoms with Gasteiger partial charge in [-0.3, -0.25) is 9.59 Å². The van der Waals surface area contributed by atoms with Crippen LogP contribution in [0.15, 0.2) is 34.7 Å². The Balaban J connectivity index is 1.63. The molecule has 3 unspecified atom stereocenters. The lowest BCUT2D eigenvalue weighted by molar-refractivity contribution is -0.133. The second-order valence-corrected chi connectivity index (χ2v) is 8.47. The van der Waals surface area contributed by atoms with Gasteiger partial charge in [0.05, 0.1) is 31.0 Å². The molecule has 7 nitrogen and oxygen atoms in total. The molecule has 154 valence electrons. The number of para-hydroxylation sites is 1. The first-order chi connectivity index (χ1) is 14.0. The summed E-state index contributed by atoms with van der Waals surface area (Å²) in [7, 11) is 1.61. The highest BCUT2D eigenvalue weighted by molar-refractivity contribution is 8.04. The zero-order valence-electron chi connectivity index (χ0n) is 16.6. The topological polar surface area (TPSA) is 103 Å². The zero-order valence-corrected chi connectivity index (χ0v) is 17.4. The Morgan fingerprint density at radius 2 is 2.21 bits per heavy atom. The first-order valence-electron chi connectivity index (χ1n) is 9.57. The molecule has 29 heavy (non-hydrogen) atoms. The summed E-state index contributed by atoms with van der Waals surface area (Å²) in [5, 5.41) is 21.4. The number of rotatable bonds is 6. The SMILES string of the molecule is COc1ccccc1C(C)CC(=O)NC1SC2=C(CCN(C(=O)CO)C2)C1C#N. The van der Waals surface area contributed by atoms with Crippen LogP contribution in [-0.4, -0.2) is 54.0 Å². The number of nitrogens with zero attached hydrogens (tertiary/aromatic N) is 2. The van der Waals surface area contributed by atoms with Crippen molar-refractivity contribution >= 4 is 23.6 Å². The van der Waals surface area contributed by atoms with Crippen LogP contribution in [0.5, 0.6) is 5.75 Å². The smallest absolute Gasteiger partial charge is 0.248 e. The van der Waals surface area contributed by atoms with Crippen LogP contribution >= 0.6 is 11.8 Å². The van der Waals surface area contributed by atoms with Crippen molar-refractivity contribution in [2.45, 2.75) is 31.1 Å². The van der Waals surface area contributed by atoms with Gasteiger partial charge in [-0.2, -0.15) is 5.26 Å². The van der Waals surface area contributed by atoms with Crippen molar-refractivity contribution in [3.05, 3.63) is 40.3 Å². The number of ether oxygens (including phenoxy) is 1. The molecule has 3 rings (SSSR count). The third kappa shape index (κ3) is 4.57. The van der Waals surface area contributed by atoms with Crippen molar-refractivity contribution in [3.63, 3.8) is 0 Å². The van der Waals surface area contributed by atoms with Gasteiger partial charge in [0.2, 0.25) is 11.8 Å². The summed E-state index contributed by atoms with van der Waals surface area (Å²) in [6.45, 7) is 2.34. The van der Waals surface area contributed by atoms with Crippen molar-refractivity contribution in [1.82, 2.24) is 10.2 Å². The van der Waals surface area contributed by atoms with Crippen LogP contribution in [0.3, 0.4) is 0 Å². The van der Waals surface area contributed by atoms with Crippen LogP contribution in [-0.2, 0) is 9.59 Å². The molecule has 2 aliphatic heterocycles. The molecule has 0 fully saturated rings. The van der Waals surface area contributed by atoms with Gasteiger partial charge >= 0.3 is 0 Å². The molecule has 2 heterocycles. The predicted octanol–water partition coefficient (Wildman–Crippen LogP) is 2.00. The Morgan fingerprint density at radius 3 is 2.90 bits per heavy atom. The normalized spacial score (nSPS) is 21.9. The second kappa shape index (κ2) is 9.33. The van der Waals surface area contributed by atoms with E-state index in [4.69, 9.17) is 9.84 Å². The van der Waals surface area contributed by atoms with E-state index in [1.165, 1.54) is 11.8 Å². The Morgan fingerprint density at radius 1 is 1.45 bits per heavy atom. The molecule has 0 spiro atoms. The van der Waals surface area contributed by atoms with Gasteiger partial charge in [-0.05, 0) is 29.5 Å². The lowest BCUT2D eigenvalue weighted by atomic mass is 9.93. The maximum atomic E-state index is 12.7. The number of nitriles is 1. The Hall–Kier alpha value is -2.50. The molecule has 2 amide bonds. The fraction of sp³-hybridized carbons (Fsp3) is 0.476. The molecule has 2 aliphatic rings. The molecule has 0 aliphatic carbocycles. The lowest BCUT2D eigenvalue weighted by Crippen LogP contribution is -2.38. The second-order valence-electron chi connectivity index (χ2n) is 7.23. The molecule has 8 heteroatoms. The van der Waals surface area contributed by atoms with Gasteiger partial charge in [-0.15, -0.1) is 11.8 Å². The molecule has 1 aromatic carbocycles. The average Bonchev–Trinajstić information content (AvgIpc) is 3.08. The van der Waals surface area contributed by atoms with Crippen molar-refractivity contribution in [2.75, 3.05) is 26.8 Å². The number of nitrogens with one attached hydrogen (secondary N) is 1. The third-order valence-corrected chi connectivity index (χ3v) is 6.70. The van der Waals surface area contributed by atoms with Crippen LogP contribution in [0.1, 0.15) is 31.2 Å². The molecule has 0 bridgehead atoms. The number of carbonyl (C=O) groups excluding carboxylic acids is 2. The molecular formula is C21H25N3O4S. The number of aliphatic hydroxyl groups excluding tert-OH is 1. The van der Waals surface area contributed by atoms with Crippen LogP contribution < -0.4 is 10.1 Å². The fourth-order valence-corrected chi connectivity index (χ4v) is 5.31. The summed E-state index contributed by atoms with van der Waals surface area (Å²) < 4.78 is 5.38. The highest BCUT2D eigenvalue weighted by Crippen LogP contribution is 2.44. The zero-order chi connectivity index (χ0) is 21.0. The van der Waals surface area contributed by atoms with Crippen molar-refractivity contribution in [1.29, 1.82) is 5.26 Å². The fourth-order valence-electron chi connectivity index (χ4n) is 3.85. The predicted molar refractivity (Wildman–Crippen MR) is 110 cm³/mol. The summed E-state index contributed by atoms with van der Waals surface area (Å²) in [5.41, 5.74) is 1.97. The Bertz CT molecular complexity index is 864. The van der Waals surface area contributed by atoms with E-state index < -0.39 is 12.5 Å². The van der Waals surface area contributed by atoms with Gasteiger partial charge in [0, 0.05) is 17.9 Å². The lowest BCUT2D eigenvalue weighted by Gasteiger charge is -2.27. The van der Waals surface area contributed by atoms with E-state index in [1.54, 1.807) is 12.0 Å². The largest absolute Gasteiger partial charge is 0.496 e. The highest BCUT2D eigenvalue weighted by atomic mass is 32.2. The number of amides is 2. The molecule has 2 N–H and O–H groups in total. The molecule has 0 aromatic heterocycles. The van der Waals surface area contributed by atoms with Gasteiger partial charge in [0.25, 0.3) is 0 Å². The van der Waals surface area contributed by atoms with E-state index in [9.17, 15) is 14.9 Å². The molecule has 3 atom stereocenters. The molecule has 1 aromatic rings. The monoisotopic (exact) mass is 415 g/mol. The summed E-state index contributed by atoms with van der Waals surface area (Å²) in [6.07, 6.45) is 0.881. The van der Waals surface area contributed by atoms with Crippen LogP contribution in [0.25, 0.3) is 0 Å². The summed E-state index contributed by atoms with van der Waals surface area (Å²) in [6, 6.07) is 9.95. The summed E-state index contributed by atoms with van der Waals surface area (Å²) in [4.78, 5) is 27.0. The summed E-state index contributed by atoms with van der Waals surface area (Å²) in [5.74, 6) is -0.109. The van der Waals surface area contributed by atoms with Gasteiger partial charge in [0.15, 0.2) is 0 Å². The van der Waals surface area contributed by atoms with Crippen molar-refractivity contribution < 1.29 is 19.4 Å². The first-order valence-corrected chi connectivity index (χ1v) is 10.5. The quantitative estimate of drug-likeness (QED) is 0.737. The van der Waals surface area contributed by atoms with E-state index in [0.717, 1.165) is 21.8 Å². The van der Waals surface area contributed by atoms with Gasteiger partial charge < -0.3 is 20.1 Å². The van der Waals surface area contributed by atoms with Crippen molar-refractivity contribution in [3.8, 4) is 11.8 Å². The first kappa shape index (κ1) is 21.2. The van der Waals surface area contributed by atoms with E-state index in [2.05, 4.69) is 11.4 Å². The minimum atomic E-state index is -0.518. The van der Waals surface area contributed by atoms with Crippen LogP contribution in [0.2, 0.25) is 0 Å². The minimum Gasteiger partial charge on any atom is -0.496 e. The van der Waals surface area contributed by atoms with Gasteiger partial charge in [-0.1, -0.05) is 25.1 Å². The number of hydrogen-bond donors (Lipinski definition) is 2. The highest BCUT2D eigenvalue weighted by Gasteiger charge is 2.39. The minimum absolute atomic E-state index is 0.0293. The number of thioether (sulfide) groups is 1. The van der Waals surface area contributed by atoms with E-state index in [-0.39, 0.29) is 29.5 Å². The molecular weight excluding hydrogens is 390 g/mol. The number of benzene rings is 1. The molecule has 0 saturated heterocycles. The van der Waals surface area contributed by atoms with Crippen molar-refractivity contribution in [2.24, 2.45) is 5.92 Å². The van der Waals surface area contributed by atoms with E-state index >= 15 is 0 Å².